The van der Waals surface area contributed by atoms with E-state index < -0.39 is 0 Å². The van der Waals surface area contributed by atoms with Gasteiger partial charge in [0.1, 0.15) is 5.82 Å². The summed E-state index contributed by atoms with van der Waals surface area (Å²) in [5.74, 6) is 1.84. The van der Waals surface area contributed by atoms with Crippen molar-refractivity contribution in [3.05, 3.63) is 59.1 Å². The number of rotatable bonds is 5. The van der Waals surface area contributed by atoms with Gasteiger partial charge in [0.05, 0.1) is 5.52 Å². The van der Waals surface area contributed by atoms with Crippen molar-refractivity contribution >= 4 is 34.3 Å². The molecule has 2 aromatic carbocycles. The molecule has 1 N–H and O–H groups in total. The van der Waals surface area contributed by atoms with Crippen molar-refractivity contribution in [1.82, 2.24) is 14.9 Å². The number of hydrogen-bond donors (Lipinski definition) is 1. The summed E-state index contributed by atoms with van der Waals surface area (Å²) < 4.78 is 0. The Morgan fingerprint density at radius 1 is 0.900 bits per heavy atom. The molecule has 0 spiro atoms. The van der Waals surface area contributed by atoms with Crippen molar-refractivity contribution < 1.29 is 0 Å². The Morgan fingerprint density at radius 3 is 2.40 bits per heavy atom. The lowest BCUT2D eigenvalue weighted by atomic mass is 10.2. The Bertz CT molecular complexity index is 992. The Kier molecular flexibility index (Phi) is 5.73. The minimum Gasteiger partial charge on any atom is -0.367 e. The third-order valence-corrected chi connectivity index (χ3v) is 6.51. The summed E-state index contributed by atoms with van der Waals surface area (Å²) >= 11 is 6.01. The predicted octanol–water partition coefficient (Wildman–Crippen LogP) is 4.96. The Hall–Kier alpha value is -2.37. The van der Waals surface area contributed by atoms with Gasteiger partial charge in [-0.25, -0.2) is 4.98 Å². The quantitative estimate of drug-likeness (QED) is 0.630. The SMILES string of the molecule is Clc1ccc(CN2CCN(c3nc(NC4CCCC4)c4ccccc4n3)CC2)cc1. The van der Waals surface area contributed by atoms with Crippen LogP contribution in [0.1, 0.15) is 31.2 Å². The first-order chi connectivity index (χ1) is 14.7. The standard InChI is InChI=1S/C24H28ClN5/c25-19-11-9-18(10-12-19)17-29-13-15-30(16-14-29)24-27-22-8-4-3-7-21(22)23(28-24)26-20-5-1-2-6-20/h3-4,7-12,20H,1-2,5-6,13-17H2,(H,26,27,28). The van der Waals surface area contributed by atoms with Gasteiger partial charge < -0.3 is 10.2 Å². The maximum Gasteiger partial charge on any atom is 0.227 e. The molecule has 1 saturated heterocycles. The minimum absolute atomic E-state index is 0.535. The molecular formula is C24H28ClN5. The number of halogens is 1. The third kappa shape index (κ3) is 4.37. The van der Waals surface area contributed by atoms with Crippen LogP contribution in [-0.4, -0.2) is 47.1 Å². The average Bonchev–Trinajstić information content (AvgIpc) is 3.29. The molecule has 2 heterocycles. The highest BCUT2D eigenvalue weighted by molar-refractivity contribution is 6.30. The largest absolute Gasteiger partial charge is 0.367 e. The van der Waals surface area contributed by atoms with E-state index in [1.807, 2.05) is 12.1 Å². The molecule has 30 heavy (non-hydrogen) atoms. The van der Waals surface area contributed by atoms with Crippen molar-refractivity contribution in [3.8, 4) is 0 Å². The van der Waals surface area contributed by atoms with E-state index in [4.69, 9.17) is 21.6 Å². The topological polar surface area (TPSA) is 44.3 Å². The molecule has 0 unspecified atom stereocenters. The summed E-state index contributed by atoms with van der Waals surface area (Å²) in [7, 11) is 0. The molecule has 3 aromatic rings. The number of piperazine rings is 1. The van der Waals surface area contributed by atoms with Gasteiger partial charge in [-0.1, -0.05) is 48.7 Å². The van der Waals surface area contributed by atoms with Crippen molar-refractivity contribution in [3.63, 3.8) is 0 Å². The number of hydrogen-bond acceptors (Lipinski definition) is 5. The van der Waals surface area contributed by atoms with E-state index in [2.05, 4.69) is 51.5 Å². The molecular weight excluding hydrogens is 394 g/mol. The highest BCUT2D eigenvalue weighted by Gasteiger charge is 2.22. The van der Waals surface area contributed by atoms with Gasteiger partial charge in [0.15, 0.2) is 0 Å². The van der Waals surface area contributed by atoms with E-state index in [0.717, 1.165) is 60.4 Å². The lowest BCUT2D eigenvalue weighted by Crippen LogP contribution is -2.46. The first-order valence-corrected chi connectivity index (χ1v) is 11.4. The van der Waals surface area contributed by atoms with E-state index in [1.54, 1.807) is 0 Å². The zero-order valence-electron chi connectivity index (χ0n) is 17.2. The first kappa shape index (κ1) is 19.6. The van der Waals surface area contributed by atoms with E-state index >= 15 is 0 Å². The van der Waals surface area contributed by atoms with Gasteiger partial charge in [-0.2, -0.15) is 4.98 Å². The number of nitrogens with one attached hydrogen (secondary N) is 1. The Balaban J connectivity index is 1.30. The highest BCUT2D eigenvalue weighted by Crippen LogP contribution is 2.28. The number of para-hydroxylation sites is 1. The molecule has 5 rings (SSSR count). The van der Waals surface area contributed by atoms with Crippen molar-refractivity contribution in [2.75, 3.05) is 36.4 Å². The van der Waals surface area contributed by atoms with E-state index in [1.165, 1.54) is 31.2 Å². The maximum absolute atomic E-state index is 6.01. The fraction of sp³-hybridized carbons (Fsp3) is 0.417. The second kappa shape index (κ2) is 8.78. The summed E-state index contributed by atoms with van der Waals surface area (Å²) in [4.78, 5) is 14.7. The summed E-state index contributed by atoms with van der Waals surface area (Å²) in [5, 5.41) is 5.62. The van der Waals surface area contributed by atoms with Crippen LogP contribution in [0.25, 0.3) is 10.9 Å². The molecule has 156 valence electrons. The predicted molar refractivity (Wildman–Crippen MR) is 124 cm³/mol. The maximum atomic E-state index is 6.01. The third-order valence-electron chi connectivity index (χ3n) is 6.26. The van der Waals surface area contributed by atoms with Crippen LogP contribution in [0.5, 0.6) is 0 Å². The fourth-order valence-electron chi connectivity index (χ4n) is 4.53. The average molecular weight is 422 g/mol. The van der Waals surface area contributed by atoms with Crippen LogP contribution in [-0.2, 0) is 6.54 Å². The Labute approximate surface area is 183 Å². The molecule has 6 heteroatoms. The lowest BCUT2D eigenvalue weighted by molar-refractivity contribution is 0.249. The molecule has 1 aliphatic carbocycles. The summed E-state index contributed by atoms with van der Waals surface area (Å²) in [5.41, 5.74) is 2.32. The monoisotopic (exact) mass is 421 g/mol. The molecule has 2 fully saturated rings. The fourth-order valence-corrected chi connectivity index (χ4v) is 4.66. The Morgan fingerprint density at radius 2 is 1.63 bits per heavy atom. The highest BCUT2D eigenvalue weighted by atomic mass is 35.5. The van der Waals surface area contributed by atoms with Crippen LogP contribution in [0.2, 0.25) is 5.02 Å². The van der Waals surface area contributed by atoms with Crippen molar-refractivity contribution in [2.24, 2.45) is 0 Å². The molecule has 0 bridgehead atoms. The van der Waals surface area contributed by atoms with Crippen molar-refractivity contribution in [1.29, 1.82) is 0 Å². The van der Waals surface area contributed by atoms with Crippen LogP contribution < -0.4 is 10.2 Å². The number of fused-ring (bicyclic) bond motifs is 1. The molecule has 1 aliphatic heterocycles. The van der Waals surface area contributed by atoms with Crippen molar-refractivity contribution in [2.45, 2.75) is 38.3 Å². The molecule has 1 aromatic heterocycles. The normalized spacial score (nSPS) is 18.2. The van der Waals surface area contributed by atoms with Gasteiger partial charge in [-0.15, -0.1) is 0 Å². The van der Waals surface area contributed by atoms with Gasteiger partial charge >= 0.3 is 0 Å². The number of benzene rings is 2. The summed E-state index contributed by atoms with van der Waals surface area (Å²) in [6.45, 7) is 4.84. The molecule has 0 amide bonds. The molecule has 2 aliphatic rings. The zero-order chi connectivity index (χ0) is 20.3. The van der Waals surface area contributed by atoms with Crippen LogP contribution in [0.4, 0.5) is 11.8 Å². The molecule has 0 atom stereocenters. The van der Waals surface area contributed by atoms with Crippen LogP contribution in [0, 0.1) is 0 Å². The van der Waals surface area contributed by atoms with Crippen LogP contribution >= 0.6 is 11.6 Å². The van der Waals surface area contributed by atoms with Crippen LogP contribution in [0.15, 0.2) is 48.5 Å². The van der Waals surface area contributed by atoms with Gasteiger partial charge in [0, 0.05) is 49.2 Å². The smallest absolute Gasteiger partial charge is 0.227 e. The first-order valence-electron chi connectivity index (χ1n) is 11.0. The van der Waals surface area contributed by atoms with E-state index in [-0.39, 0.29) is 0 Å². The molecule has 1 saturated carbocycles. The van der Waals surface area contributed by atoms with E-state index in [0.29, 0.717) is 6.04 Å². The number of anilines is 2. The molecule has 0 radical (unpaired) electrons. The van der Waals surface area contributed by atoms with Gasteiger partial charge in [-0.3, -0.25) is 4.90 Å². The minimum atomic E-state index is 0.535. The van der Waals surface area contributed by atoms with Gasteiger partial charge in [0.2, 0.25) is 5.95 Å². The molecule has 5 nitrogen and oxygen atoms in total. The zero-order valence-corrected chi connectivity index (χ0v) is 18.0. The lowest BCUT2D eigenvalue weighted by Gasteiger charge is -2.35. The van der Waals surface area contributed by atoms with E-state index in [9.17, 15) is 0 Å². The number of aromatic nitrogens is 2. The number of nitrogens with zero attached hydrogens (tertiary/aromatic N) is 4. The van der Waals surface area contributed by atoms with Gasteiger partial charge in [-0.05, 0) is 42.7 Å². The summed E-state index contributed by atoms with van der Waals surface area (Å²) in [6, 6.07) is 17.0. The van der Waals surface area contributed by atoms with Crippen LogP contribution in [0.3, 0.4) is 0 Å². The summed E-state index contributed by atoms with van der Waals surface area (Å²) in [6.07, 6.45) is 5.08. The van der Waals surface area contributed by atoms with Gasteiger partial charge in [0.25, 0.3) is 0 Å². The second-order valence-electron chi connectivity index (χ2n) is 8.40. The second-order valence-corrected chi connectivity index (χ2v) is 8.84.